The molecule has 0 saturated heterocycles. The Hall–Kier alpha value is -1.63. The molecule has 0 N–H and O–H groups in total. The van der Waals surface area contributed by atoms with E-state index < -0.39 is 0 Å². The largest absolute Gasteiger partial charge is 0.360 e. The van der Waals surface area contributed by atoms with E-state index in [1.807, 2.05) is 14.0 Å². The van der Waals surface area contributed by atoms with Gasteiger partial charge in [0, 0.05) is 19.7 Å². The van der Waals surface area contributed by atoms with Gasteiger partial charge in [-0.25, -0.2) is 9.97 Å². The van der Waals surface area contributed by atoms with Gasteiger partial charge in [0.05, 0.1) is 0 Å². The first-order valence-electron chi connectivity index (χ1n) is 5.79. The highest BCUT2D eigenvalue weighted by atomic mass is 15.2. The SMILES string of the molecule is Cc1nc(C#N)cc(N(C)CCC(C)(C)C)n1. The third-order valence-electron chi connectivity index (χ3n) is 2.53. The average Bonchev–Trinajstić information content (AvgIpc) is 2.23. The lowest BCUT2D eigenvalue weighted by Gasteiger charge is -2.24. The van der Waals surface area contributed by atoms with E-state index in [2.05, 4.69) is 41.7 Å². The van der Waals surface area contributed by atoms with E-state index in [1.54, 1.807) is 6.07 Å². The number of rotatable bonds is 3. The maximum absolute atomic E-state index is 8.87. The molecule has 0 bridgehead atoms. The van der Waals surface area contributed by atoms with Crippen molar-refractivity contribution in [2.45, 2.75) is 34.1 Å². The van der Waals surface area contributed by atoms with Gasteiger partial charge in [-0.15, -0.1) is 0 Å². The molecule has 1 rings (SSSR count). The normalized spacial score (nSPS) is 11.1. The van der Waals surface area contributed by atoms with E-state index in [9.17, 15) is 0 Å². The minimum Gasteiger partial charge on any atom is -0.360 e. The quantitative estimate of drug-likeness (QED) is 0.803. The number of aromatic nitrogens is 2. The second-order valence-electron chi connectivity index (χ2n) is 5.50. The Labute approximate surface area is 103 Å². The molecule has 4 nitrogen and oxygen atoms in total. The Morgan fingerprint density at radius 2 is 2.00 bits per heavy atom. The standard InChI is InChI=1S/C13H20N4/c1-10-15-11(9-14)8-12(16-10)17(5)7-6-13(2,3)4/h8H,6-7H2,1-5H3. The molecule has 0 unspecified atom stereocenters. The molecule has 0 saturated carbocycles. The second-order valence-corrected chi connectivity index (χ2v) is 5.50. The molecular formula is C13H20N4. The van der Waals surface area contributed by atoms with Crippen LogP contribution in [0.25, 0.3) is 0 Å². The zero-order chi connectivity index (χ0) is 13.1. The van der Waals surface area contributed by atoms with Crippen LogP contribution in [0.1, 0.15) is 38.7 Å². The van der Waals surface area contributed by atoms with E-state index in [4.69, 9.17) is 5.26 Å². The summed E-state index contributed by atoms with van der Waals surface area (Å²) in [6.07, 6.45) is 1.08. The molecule has 0 aliphatic carbocycles. The zero-order valence-electron chi connectivity index (χ0n) is 11.3. The van der Waals surface area contributed by atoms with Gasteiger partial charge in [0.15, 0.2) is 0 Å². The van der Waals surface area contributed by atoms with Crippen molar-refractivity contribution in [3.63, 3.8) is 0 Å². The summed E-state index contributed by atoms with van der Waals surface area (Å²) in [5.41, 5.74) is 0.726. The first-order valence-corrected chi connectivity index (χ1v) is 5.79. The number of anilines is 1. The first kappa shape index (κ1) is 13.4. The van der Waals surface area contributed by atoms with E-state index in [-0.39, 0.29) is 0 Å². The van der Waals surface area contributed by atoms with Crippen LogP contribution < -0.4 is 4.90 Å². The average molecular weight is 232 g/mol. The summed E-state index contributed by atoms with van der Waals surface area (Å²) in [5.74, 6) is 1.46. The predicted octanol–water partition coefficient (Wildman–Crippen LogP) is 2.53. The molecule has 0 atom stereocenters. The van der Waals surface area contributed by atoms with Gasteiger partial charge in [0.1, 0.15) is 23.4 Å². The predicted molar refractivity (Wildman–Crippen MR) is 68.8 cm³/mol. The van der Waals surface area contributed by atoms with Gasteiger partial charge in [-0.1, -0.05) is 20.8 Å². The Bertz CT molecular complexity index is 426. The van der Waals surface area contributed by atoms with E-state index >= 15 is 0 Å². The third-order valence-corrected chi connectivity index (χ3v) is 2.53. The molecule has 1 aromatic rings. The monoisotopic (exact) mass is 232 g/mol. The van der Waals surface area contributed by atoms with E-state index in [0.717, 1.165) is 18.8 Å². The van der Waals surface area contributed by atoms with Crippen LogP contribution in [0.15, 0.2) is 6.07 Å². The van der Waals surface area contributed by atoms with Crippen molar-refractivity contribution in [2.75, 3.05) is 18.5 Å². The van der Waals surface area contributed by atoms with Gasteiger partial charge in [0.25, 0.3) is 0 Å². The summed E-state index contributed by atoms with van der Waals surface area (Å²) < 4.78 is 0. The van der Waals surface area contributed by atoms with Crippen molar-refractivity contribution in [1.29, 1.82) is 5.26 Å². The van der Waals surface area contributed by atoms with Crippen LogP contribution in [0.5, 0.6) is 0 Å². The summed E-state index contributed by atoms with van der Waals surface area (Å²) in [7, 11) is 1.99. The first-order chi connectivity index (χ1) is 7.81. The van der Waals surface area contributed by atoms with Crippen LogP contribution in [-0.2, 0) is 0 Å². The molecule has 1 aromatic heterocycles. The number of hydrogen-bond donors (Lipinski definition) is 0. The molecule has 0 aromatic carbocycles. The minimum atomic E-state index is 0.300. The van der Waals surface area contributed by atoms with Crippen LogP contribution in [0.4, 0.5) is 5.82 Å². The summed E-state index contributed by atoms with van der Waals surface area (Å²) in [6.45, 7) is 9.37. The smallest absolute Gasteiger partial charge is 0.146 e. The molecule has 0 fully saturated rings. The molecule has 0 aliphatic heterocycles. The van der Waals surface area contributed by atoms with Crippen molar-refractivity contribution < 1.29 is 0 Å². The van der Waals surface area contributed by atoms with Gasteiger partial charge in [-0.3, -0.25) is 0 Å². The summed E-state index contributed by atoms with van der Waals surface area (Å²) in [4.78, 5) is 10.5. The number of nitriles is 1. The van der Waals surface area contributed by atoms with Crippen LogP contribution >= 0.6 is 0 Å². The topological polar surface area (TPSA) is 52.8 Å². The fourth-order valence-corrected chi connectivity index (χ4v) is 1.42. The van der Waals surface area contributed by atoms with Crippen molar-refractivity contribution in [3.8, 4) is 6.07 Å². The Balaban J connectivity index is 2.79. The molecular weight excluding hydrogens is 212 g/mol. The van der Waals surface area contributed by atoms with E-state index in [1.165, 1.54) is 0 Å². The Morgan fingerprint density at radius 1 is 1.35 bits per heavy atom. The lowest BCUT2D eigenvalue weighted by molar-refractivity contribution is 0.381. The van der Waals surface area contributed by atoms with Crippen LogP contribution in [0.3, 0.4) is 0 Å². The summed E-state index contributed by atoms with van der Waals surface area (Å²) in [6, 6.07) is 3.79. The number of hydrogen-bond acceptors (Lipinski definition) is 4. The molecule has 92 valence electrons. The molecule has 0 aliphatic rings. The van der Waals surface area contributed by atoms with Gasteiger partial charge in [-0.2, -0.15) is 5.26 Å². The maximum atomic E-state index is 8.87. The van der Waals surface area contributed by atoms with E-state index in [0.29, 0.717) is 16.9 Å². The van der Waals surface area contributed by atoms with Crippen LogP contribution in [-0.4, -0.2) is 23.6 Å². The molecule has 0 amide bonds. The molecule has 4 heteroatoms. The second kappa shape index (κ2) is 5.13. The summed E-state index contributed by atoms with van der Waals surface area (Å²) in [5, 5.41) is 8.87. The lowest BCUT2D eigenvalue weighted by Crippen LogP contribution is -2.24. The van der Waals surface area contributed by atoms with Crippen LogP contribution in [0.2, 0.25) is 0 Å². The summed E-state index contributed by atoms with van der Waals surface area (Å²) >= 11 is 0. The Morgan fingerprint density at radius 3 is 2.53 bits per heavy atom. The van der Waals surface area contributed by atoms with Crippen molar-refractivity contribution in [1.82, 2.24) is 9.97 Å². The number of nitrogens with zero attached hydrogens (tertiary/aromatic N) is 4. The van der Waals surface area contributed by atoms with Crippen molar-refractivity contribution in [3.05, 3.63) is 17.6 Å². The van der Waals surface area contributed by atoms with Gasteiger partial charge in [0.2, 0.25) is 0 Å². The third kappa shape index (κ3) is 4.39. The molecule has 17 heavy (non-hydrogen) atoms. The van der Waals surface area contributed by atoms with Crippen molar-refractivity contribution in [2.24, 2.45) is 5.41 Å². The number of aryl methyl sites for hydroxylation is 1. The van der Waals surface area contributed by atoms with Crippen LogP contribution in [0, 0.1) is 23.7 Å². The highest BCUT2D eigenvalue weighted by molar-refractivity contribution is 5.42. The molecule has 1 heterocycles. The van der Waals surface area contributed by atoms with Crippen molar-refractivity contribution >= 4 is 5.82 Å². The molecule has 0 spiro atoms. The zero-order valence-corrected chi connectivity index (χ0v) is 11.3. The van der Waals surface area contributed by atoms with Gasteiger partial charge >= 0.3 is 0 Å². The fourth-order valence-electron chi connectivity index (χ4n) is 1.42. The Kier molecular flexibility index (Phi) is 4.06. The highest BCUT2D eigenvalue weighted by Crippen LogP contribution is 2.20. The highest BCUT2D eigenvalue weighted by Gasteiger charge is 2.13. The fraction of sp³-hybridized carbons (Fsp3) is 0.615. The molecule has 0 radical (unpaired) electrons. The van der Waals surface area contributed by atoms with Gasteiger partial charge in [-0.05, 0) is 18.8 Å². The van der Waals surface area contributed by atoms with Gasteiger partial charge < -0.3 is 4.90 Å². The lowest BCUT2D eigenvalue weighted by atomic mass is 9.92. The maximum Gasteiger partial charge on any atom is 0.146 e. The minimum absolute atomic E-state index is 0.300.